The molecule has 4 aromatic rings. The molecule has 7 heteroatoms. The highest BCUT2D eigenvalue weighted by molar-refractivity contribution is 7.14. The Morgan fingerprint density at radius 2 is 1.97 bits per heavy atom. The fourth-order valence-corrected chi connectivity index (χ4v) is 4.33. The molecule has 0 saturated heterocycles. The molecule has 0 saturated carbocycles. The van der Waals surface area contributed by atoms with Gasteiger partial charge in [0.25, 0.3) is 5.91 Å². The fourth-order valence-electron chi connectivity index (χ4n) is 3.63. The number of anilines is 1. The molecule has 0 unspecified atom stereocenters. The molecule has 0 aliphatic carbocycles. The maximum absolute atomic E-state index is 12.9. The van der Waals surface area contributed by atoms with Gasteiger partial charge in [-0.1, -0.05) is 36.4 Å². The third-order valence-electron chi connectivity index (χ3n) is 5.15. The Morgan fingerprint density at radius 3 is 2.86 bits per heavy atom. The summed E-state index contributed by atoms with van der Waals surface area (Å²) in [6, 6.07) is 15.2. The van der Waals surface area contributed by atoms with Crippen molar-refractivity contribution in [1.82, 2.24) is 9.97 Å². The van der Waals surface area contributed by atoms with Gasteiger partial charge in [0.1, 0.15) is 0 Å². The maximum Gasteiger partial charge on any atom is 0.339 e. The van der Waals surface area contributed by atoms with E-state index >= 15 is 0 Å². The molecule has 6 nitrogen and oxygen atoms in total. The van der Waals surface area contributed by atoms with Gasteiger partial charge in [-0.25, -0.2) is 9.78 Å². The van der Waals surface area contributed by atoms with Crippen LogP contribution in [-0.4, -0.2) is 27.4 Å². The molecule has 0 spiro atoms. The van der Waals surface area contributed by atoms with Gasteiger partial charge in [0.05, 0.1) is 11.3 Å². The molecule has 5 rings (SSSR count). The number of amides is 1. The van der Waals surface area contributed by atoms with Crippen molar-refractivity contribution in [3.8, 4) is 11.3 Å². The lowest BCUT2D eigenvalue weighted by Gasteiger charge is -2.32. The molecular formula is C22H17N3O3S. The van der Waals surface area contributed by atoms with Gasteiger partial charge in [-0.3, -0.25) is 10.1 Å². The Hall–Kier alpha value is -3.45. The summed E-state index contributed by atoms with van der Waals surface area (Å²) in [7, 11) is 0. The third-order valence-corrected chi connectivity index (χ3v) is 5.91. The van der Waals surface area contributed by atoms with E-state index in [1.807, 2.05) is 48.0 Å². The lowest BCUT2D eigenvalue weighted by atomic mass is 9.89. The van der Waals surface area contributed by atoms with Crippen molar-refractivity contribution in [2.75, 3.05) is 5.32 Å². The molecule has 0 bridgehead atoms. The van der Waals surface area contributed by atoms with Crippen LogP contribution in [0.1, 0.15) is 22.8 Å². The van der Waals surface area contributed by atoms with Gasteiger partial charge < -0.3 is 9.72 Å². The average molecular weight is 403 g/mol. The van der Waals surface area contributed by atoms with Crippen LogP contribution in [0.15, 0.2) is 60.1 Å². The number of aromatic nitrogens is 2. The molecule has 3 heterocycles. The van der Waals surface area contributed by atoms with E-state index in [2.05, 4.69) is 15.3 Å². The van der Waals surface area contributed by atoms with Crippen molar-refractivity contribution < 1.29 is 14.3 Å². The molecule has 2 aromatic carbocycles. The largest absolute Gasteiger partial charge is 0.445 e. The van der Waals surface area contributed by atoms with Gasteiger partial charge in [-0.15, -0.1) is 11.3 Å². The summed E-state index contributed by atoms with van der Waals surface area (Å²) >= 11 is 1.34. The number of thiazole rings is 1. The summed E-state index contributed by atoms with van der Waals surface area (Å²) in [5, 5.41) is 6.25. The second kappa shape index (κ2) is 6.56. The van der Waals surface area contributed by atoms with Gasteiger partial charge >= 0.3 is 5.97 Å². The number of ether oxygens (including phenoxy) is 1. The Balaban J connectivity index is 1.39. The number of hydrogen-bond donors (Lipinski definition) is 2. The monoisotopic (exact) mass is 403 g/mol. The third kappa shape index (κ3) is 3.00. The van der Waals surface area contributed by atoms with E-state index in [0.717, 1.165) is 27.7 Å². The number of fused-ring (bicyclic) bond motifs is 2. The zero-order valence-corrected chi connectivity index (χ0v) is 16.4. The van der Waals surface area contributed by atoms with Crippen LogP contribution in [-0.2, 0) is 16.0 Å². The molecule has 29 heavy (non-hydrogen) atoms. The van der Waals surface area contributed by atoms with Crippen LogP contribution < -0.4 is 5.32 Å². The number of nitrogens with zero attached hydrogens (tertiary/aromatic N) is 1. The van der Waals surface area contributed by atoms with Crippen LogP contribution in [0.25, 0.3) is 22.2 Å². The van der Waals surface area contributed by atoms with Crippen molar-refractivity contribution in [2.24, 2.45) is 0 Å². The second-order valence-corrected chi connectivity index (χ2v) is 8.05. The van der Waals surface area contributed by atoms with Crippen LogP contribution >= 0.6 is 11.3 Å². The van der Waals surface area contributed by atoms with Crippen LogP contribution in [0.2, 0.25) is 0 Å². The van der Waals surface area contributed by atoms with Crippen molar-refractivity contribution in [2.45, 2.75) is 18.9 Å². The van der Waals surface area contributed by atoms with E-state index in [9.17, 15) is 9.59 Å². The summed E-state index contributed by atoms with van der Waals surface area (Å²) < 4.78 is 5.49. The predicted molar refractivity (Wildman–Crippen MR) is 112 cm³/mol. The van der Waals surface area contributed by atoms with Crippen molar-refractivity contribution in [1.29, 1.82) is 0 Å². The second-order valence-electron chi connectivity index (χ2n) is 7.19. The van der Waals surface area contributed by atoms with Crippen LogP contribution in [0.5, 0.6) is 0 Å². The minimum atomic E-state index is -1.28. The van der Waals surface area contributed by atoms with Crippen LogP contribution in [0.4, 0.5) is 5.13 Å². The van der Waals surface area contributed by atoms with Crippen molar-refractivity contribution in [3.63, 3.8) is 0 Å². The topological polar surface area (TPSA) is 84.1 Å². The molecule has 2 N–H and O–H groups in total. The van der Waals surface area contributed by atoms with Crippen LogP contribution in [0, 0.1) is 0 Å². The number of aromatic amines is 1. The van der Waals surface area contributed by atoms with Gasteiger partial charge in [0.15, 0.2) is 10.7 Å². The quantitative estimate of drug-likeness (QED) is 0.497. The minimum Gasteiger partial charge on any atom is -0.445 e. The zero-order chi connectivity index (χ0) is 20.0. The number of carbonyl (C=O) groups is 2. The molecule has 1 atom stereocenters. The molecule has 1 amide bonds. The first-order valence-electron chi connectivity index (χ1n) is 9.18. The molecule has 144 valence electrons. The minimum absolute atomic E-state index is 0.321. The van der Waals surface area contributed by atoms with E-state index in [0.29, 0.717) is 17.1 Å². The Bertz CT molecular complexity index is 1260. The number of nitrogens with one attached hydrogen (secondary N) is 2. The Kier molecular flexibility index (Phi) is 3.99. The van der Waals surface area contributed by atoms with Crippen LogP contribution in [0.3, 0.4) is 0 Å². The smallest absolute Gasteiger partial charge is 0.339 e. The first kappa shape index (κ1) is 17.6. The summed E-state index contributed by atoms with van der Waals surface area (Å²) in [4.78, 5) is 33.0. The first-order chi connectivity index (χ1) is 14.0. The van der Waals surface area contributed by atoms with Gasteiger partial charge in [0.2, 0.25) is 0 Å². The molecule has 2 aromatic heterocycles. The molecule has 1 aliphatic heterocycles. The predicted octanol–water partition coefficient (Wildman–Crippen LogP) is 4.40. The number of benzene rings is 2. The standard InChI is InChI=1S/C22H17N3O3S/c1-22(10-13-6-2-3-7-14(13)19(26)28-22)20(27)25-21-24-18(12-29-21)16-11-23-17-9-5-4-8-15(16)17/h2-9,11-12,23H,10H2,1H3,(H,24,25,27)/t22-/m1/s1. The lowest BCUT2D eigenvalue weighted by molar-refractivity contribution is -0.134. The zero-order valence-electron chi connectivity index (χ0n) is 15.6. The number of carbonyl (C=O) groups excluding carboxylic acids is 2. The van der Waals surface area contributed by atoms with E-state index < -0.39 is 11.6 Å². The first-order valence-corrected chi connectivity index (χ1v) is 10.1. The van der Waals surface area contributed by atoms with E-state index in [4.69, 9.17) is 4.74 Å². The number of cyclic esters (lactones) is 1. The van der Waals surface area contributed by atoms with Gasteiger partial charge in [0, 0.05) is 34.5 Å². The SMILES string of the molecule is C[C@]1(C(=O)Nc2nc(-c3c[nH]c4ccccc34)cs2)Cc2ccccc2C(=O)O1. The fraction of sp³-hybridized carbons (Fsp3) is 0.136. The number of rotatable bonds is 3. The van der Waals surface area contributed by atoms with E-state index in [1.54, 1.807) is 19.1 Å². The highest BCUT2D eigenvalue weighted by Gasteiger charge is 2.42. The van der Waals surface area contributed by atoms with Gasteiger partial charge in [-0.2, -0.15) is 0 Å². The van der Waals surface area contributed by atoms with Gasteiger partial charge in [-0.05, 0) is 24.6 Å². The normalized spacial score (nSPS) is 18.3. The molecule has 0 radical (unpaired) electrons. The molecule has 0 fully saturated rings. The summed E-state index contributed by atoms with van der Waals surface area (Å²) in [5.74, 6) is -0.872. The van der Waals surface area contributed by atoms with E-state index in [-0.39, 0.29) is 5.91 Å². The van der Waals surface area contributed by atoms with Crippen molar-refractivity contribution in [3.05, 3.63) is 71.2 Å². The number of H-pyrrole nitrogens is 1. The highest BCUT2D eigenvalue weighted by Crippen LogP contribution is 2.33. The summed E-state index contributed by atoms with van der Waals surface area (Å²) in [5.41, 5.74) is 2.81. The summed E-state index contributed by atoms with van der Waals surface area (Å²) in [6.45, 7) is 1.63. The highest BCUT2D eigenvalue weighted by atomic mass is 32.1. The Labute approximate surface area is 170 Å². The Morgan fingerprint density at radius 1 is 1.17 bits per heavy atom. The average Bonchev–Trinajstić information content (AvgIpc) is 3.34. The number of hydrogen-bond acceptors (Lipinski definition) is 5. The number of para-hydroxylation sites is 1. The maximum atomic E-state index is 12.9. The molecular weight excluding hydrogens is 386 g/mol. The molecule has 1 aliphatic rings. The van der Waals surface area contributed by atoms with E-state index in [1.165, 1.54) is 11.3 Å². The number of esters is 1. The van der Waals surface area contributed by atoms with Crippen molar-refractivity contribution >= 4 is 39.2 Å². The summed E-state index contributed by atoms with van der Waals surface area (Å²) in [6.07, 6.45) is 2.23. The lowest BCUT2D eigenvalue weighted by Crippen LogP contribution is -2.48.